The number of para-hydroxylation sites is 1. The van der Waals surface area contributed by atoms with E-state index < -0.39 is 0 Å². The summed E-state index contributed by atoms with van der Waals surface area (Å²) >= 11 is 0. The molecule has 0 fully saturated rings. The number of aromatic nitrogens is 1. The second-order valence-corrected chi connectivity index (χ2v) is 4.89. The molecule has 104 valence electrons. The number of carbonyl (C=O) groups excluding carboxylic acids is 1. The van der Waals surface area contributed by atoms with E-state index in [1.807, 2.05) is 49.4 Å². The fraction of sp³-hybridized carbons (Fsp3) is 0.111. The predicted octanol–water partition coefficient (Wildman–Crippen LogP) is 3.78. The van der Waals surface area contributed by atoms with Gasteiger partial charge >= 0.3 is 0 Å². The van der Waals surface area contributed by atoms with Crippen molar-refractivity contribution in [1.82, 2.24) is 4.98 Å². The van der Waals surface area contributed by atoms with Crippen molar-refractivity contribution in [2.75, 3.05) is 7.11 Å². The molecule has 0 N–H and O–H groups in total. The van der Waals surface area contributed by atoms with Crippen LogP contribution in [-0.2, 0) is 0 Å². The molecule has 0 saturated heterocycles. The number of hydrogen-bond acceptors (Lipinski definition) is 3. The van der Waals surface area contributed by atoms with Crippen LogP contribution in [0.1, 0.15) is 21.6 Å². The van der Waals surface area contributed by atoms with E-state index in [-0.39, 0.29) is 5.78 Å². The number of ether oxygens (including phenoxy) is 1. The third kappa shape index (κ3) is 2.50. The molecule has 0 aliphatic heterocycles. The van der Waals surface area contributed by atoms with E-state index in [0.29, 0.717) is 16.9 Å². The van der Waals surface area contributed by atoms with E-state index in [4.69, 9.17) is 4.74 Å². The van der Waals surface area contributed by atoms with E-state index in [0.717, 1.165) is 16.6 Å². The largest absolute Gasteiger partial charge is 0.496 e. The van der Waals surface area contributed by atoms with Crippen LogP contribution >= 0.6 is 0 Å². The first-order valence-corrected chi connectivity index (χ1v) is 6.74. The average Bonchev–Trinajstić information content (AvgIpc) is 2.53. The van der Waals surface area contributed by atoms with Gasteiger partial charge in [-0.05, 0) is 43.3 Å². The Kier molecular flexibility index (Phi) is 3.40. The SMILES string of the molecule is COc1ccccc1C(=O)c1ccc2nc(C)ccc2c1. The van der Waals surface area contributed by atoms with Crippen molar-refractivity contribution >= 4 is 16.7 Å². The first-order valence-electron chi connectivity index (χ1n) is 6.74. The lowest BCUT2D eigenvalue weighted by Crippen LogP contribution is -2.03. The molecular weight excluding hydrogens is 262 g/mol. The van der Waals surface area contributed by atoms with Crippen LogP contribution in [0, 0.1) is 6.92 Å². The number of benzene rings is 2. The van der Waals surface area contributed by atoms with Gasteiger partial charge < -0.3 is 4.74 Å². The molecule has 0 unspecified atom stereocenters. The number of ketones is 1. The molecule has 0 aliphatic rings. The summed E-state index contributed by atoms with van der Waals surface area (Å²) in [5, 5.41) is 0.960. The lowest BCUT2D eigenvalue weighted by atomic mass is 10.0. The Hall–Kier alpha value is -2.68. The Morgan fingerprint density at radius 2 is 1.86 bits per heavy atom. The van der Waals surface area contributed by atoms with Crippen LogP contribution in [0.4, 0.5) is 0 Å². The summed E-state index contributed by atoms with van der Waals surface area (Å²) in [5.41, 5.74) is 3.06. The molecule has 0 spiro atoms. The minimum Gasteiger partial charge on any atom is -0.496 e. The number of carbonyl (C=O) groups is 1. The zero-order valence-corrected chi connectivity index (χ0v) is 12.0. The molecule has 3 rings (SSSR count). The summed E-state index contributed by atoms with van der Waals surface area (Å²) < 4.78 is 5.26. The van der Waals surface area contributed by atoms with Gasteiger partial charge in [0.1, 0.15) is 5.75 Å². The summed E-state index contributed by atoms with van der Waals surface area (Å²) in [7, 11) is 1.57. The van der Waals surface area contributed by atoms with Gasteiger partial charge in [-0.25, -0.2) is 0 Å². The third-order valence-electron chi connectivity index (χ3n) is 3.44. The van der Waals surface area contributed by atoms with Crippen LogP contribution in [-0.4, -0.2) is 17.9 Å². The van der Waals surface area contributed by atoms with Crippen molar-refractivity contribution in [2.45, 2.75) is 6.92 Å². The molecule has 0 bridgehead atoms. The normalized spacial score (nSPS) is 10.6. The quantitative estimate of drug-likeness (QED) is 0.684. The van der Waals surface area contributed by atoms with Gasteiger partial charge in [0.2, 0.25) is 0 Å². The number of aryl methyl sites for hydroxylation is 1. The van der Waals surface area contributed by atoms with Crippen molar-refractivity contribution in [3.63, 3.8) is 0 Å². The molecule has 3 heteroatoms. The molecule has 0 amide bonds. The van der Waals surface area contributed by atoms with Gasteiger partial charge in [0, 0.05) is 16.6 Å². The van der Waals surface area contributed by atoms with Gasteiger partial charge in [0.05, 0.1) is 18.2 Å². The van der Waals surface area contributed by atoms with E-state index in [1.165, 1.54) is 0 Å². The number of nitrogens with zero attached hydrogens (tertiary/aromatic N) is 1. The molecular formula is C18H15NO2. The summed E-state index contributed by atoms with van der Waals surface area (Å²) in [4.78, 5) is 17.1. The molecule has 1 aromatic heterocycles. The topological polar surface area (TPSA) is 39.2 Å². The fourth-order valence-corrected chi connectivity index (χ4v) is 2.36. The lowest BCUT2D eigenvalue weighted by Gasteiger charge is -2.08. The van der Waals surface area contributed by atoms with Gasteiger partial charge in [-0.3, -0.25) is 9.78 Å². The van der Waals surface area contributed by atoms with Crippen molar-refractivity contribution in [1.29, 1.82) is 0 Å². The second-order valence-electron chi connectivity index (χ2n) is 4.89. The predicted molar refractivity (Wildman–Crippen MR) is 82.9 cm³/mol. The highest BCUT2D eigenvalue weighted by atomic mass is 16.5. The monoisotopic (exact) mass is 277 g/mol. The summed E-state index contributed by atoms with van der Waals surface area (Å²) in [6.07, 6.45) is 0. The van der Waals surface area contributed by atoms with Crippen LogP contribution in [0.5, 0.6) is 5.75 Å². The molecule has 2 aromatic carbocycles. The van der Waals surface area contributed by atoms with Crippen LogP contribution in [0.3, 0.4) is 0 Å². The zero-order valence-electron chi connectivity index (χ0n) is 12.0. The van der Waals surface area contributed by atoms with E-state index in [9.17, 15) is 4.79 Å². The van der Waals surface area contributed by atoms with Gasteiger partial charge in [-0.2, -0.15) is 0 Å². The maximum Gasteiger partial charge on any atom is 0.196 e. The molecule has 1 heterocycles. The van der Waals surface area contributed by atoms with E-state index >= 15 is 0 Å². The van der Waals surface area contributed by atoms with Crippen LogP contribution < -0.4 is 4.74 Å². The molecule has 0 saturated carbocycles. The third-order valence-corrected chi connectivity index (χ3v) is 3.44. The van der Waals surface area contributed by atoms with Crippen LogP contribution in [0.15, 0.2) is 54.6 Å². The molecule has 0 atom stereocenters. The van der Waals surface area contributed by atoms with Crippen LogP contribution in [0.2, 0.25) is 0 Å². The highest BCUT2D eigenvalue weighted by molar-refractivity contribution is 6.12. The van der Waals surface area contributed by atoms with Gasteiger partial charge in [-0.1, -0.05) is 18.2 Å². The standard InChI is InChI=1S/C18H15NO2/c1-12-7-8-13-11-14(9-10-16(13)19-12)18(20)15-5-3-4-6-17(15)21-2/h3-11H,1-2H3. The molecule has 3 nitrogen and oxygen atoms in total. The summed E-state index contributed by atoms with van der Waals surface area (Å²) in [6.45, 7) is 1.95. The van der Waals surface area contributed by atoms with Gasteiger partial charge in [0.15, 0.2) is 5.78 Å². The Labute approximate surface area is 123 Å². The summed E-state index contributed by atoms with van der Waals surface area (Å²) in [6, 6.07) is 16.7. The van der Waals surface area contributed by atoms with Crippen LogP contribution in [0.25, 0.3) is 10.9 Å². The van der Waals surface area contributed by atoms with E-state index in [1.54, 1.807) is 19.2 Å². The maximum atomic E-state index is 12.6. The Balaban J connectivity index is 2.07. The van der Waals surface area contributed by atoms with Crippen molar-refractivity contribution in [3.05, 3.63) is 71.4 Å². The second kappa shape index (κ2) is 5.37. The first-order chi connectivity index (χ1) is 10.2. The lowest BCUT2D eigenvalue weighted by molar-refractivity contribution is 0.103. The maximum absolute atomic E-state index is 12.6. The minimum atomic E-state index is -0.0464. The highest BCUT2D eigenvalue weighted by Crippen LogP contribution is 2.23. The van der Waals surface area contributed by atoms with Crippen molar-refractivity contribution < 1.29 is 9.53 Å². The van der Waals surface area contributed by atoms with Crippen molar-refractivity contribution in [3.8, 4) is 5.75 Å². The Morgan fingerprint density at radius 1 is 1.05 bits per heavy atom. The average molecular weight is 277 g/mol. The number of fused-ring (bicyclic) bond motifs is 1. The van der Waals surface area contributed by atoms with Gasteiger partial charge in [0.25, 0.3) is 0 Å². The molecule has 0 aliphatic carbocycles. The van der Waals surface area contributed by atoms with Crippen molar-refractivity contribution in [2.24, 2.45) is 0 Å². The minimum absolute atomic E-state index is 0.0464. The molecule has 21 heavy (non-hydrogen) atoms. The van der Waals surface area contributed by atoms with Gasteiger partial charge in [-0.15, -0.1) is 0 Å². The zero-order chi connectivity index (χ0) is 14.8. The summed E-state index contributed by atoms with van der Waals surface area (Å²) in [5.74, 6) is 0.541. The van der Waals surface area contributed by atoms with E-state index in [2.05, 4.69) is 4.98 Å². The smallest absolute Gasteiger partial charge is 0.196 e. The Bertz CT molecular complexity index is 824. The fourth-order valence-electron chi connectivity index (χ4n) is 2.36. The highest BCUT2D eigenvalue weighted by Gasteiger charge is 2.14. The molecule has 3 aromatic rings. The Morgan fingerprint density at radius 3 is 2.67 bits per heavy atom. The molecule has 0 radical (unpaired) electrons. The number of hydrogen-bond donors (Lipinski definition) is 0. The number of pyridine rings is 1. The number of methoxy groups -OCH3 is 1. The first kappa shape index (κ1) is 13.3. The number of rotatable bonds is 3.